The minimum atomic E-state index is -0.110. The smallest absolute Gasteiger partial charge is 0.181 e. The molecule has 2 aromatic rings. The van der Waals surface area contributed by atoms with Crippen LogP contribution in [0.4, 0.5) is 5.69 Å². The van der Waals surface area contributed by atoms with Crippen LogP contribution in [0.1, 0.15) is 42.4 Å². The van der Waals surface area contributed by atoms with Crippen molar-refractivity contribution in [2.24, 2.45) is 4.99 Å². The highest BCUT2D eigenvalue weighted by molar-refractivity contribution is 6.05. The second-order valence-electron chi connectivity index (χ2n) is 7.27. The van der Waals surface area contributed by atoms with Gasteiger partial charge >= 0.3 is 0 Å². The Labute approximate surface area is 164 Å². The van der Waals surface area contributed by atoms with E-state index >= 15 is 0 Å². The van der Waals surface area contributed by atoms with Crippen molar-refractivity contribution < 1.29 is 4.79 Å². The van der Waals surface area contributed by atoms with E-state index in [9.17, 15) is 4.79 Å². The summed E-state index contributed by atoms with van der Waals surface area (Å²) < 4.78 is 0. The third kappa shape index (κ3) is 3.41. The molecule has 2 aliphatic rings. The number of carbonyl (C=O) groups is 1. The van der Waals surface area contributed by atoms with Gasteiger partial charge in [0.05, 0.1) is 0 Å². The molecule has 0 radical (unpaired) electrons. The second-order valence-corrected chi connectivity index (χ2v) is 7.27. The molecule has 28 heavy (non-hydrogen) atoms. The molecule has 3 heterocycles. The summed E-state index contributed by atoms with van der Waals surface area (Å²) in [5.74, 6) is 1.39. The summed E-state index contributed by atoms with van der Waals surface area (Å²) in [6, 6.07) is 5.82. The summed E-state index contributed by atoms with van der Waals surface area (Å²) in [6.07, 6.45) is 7.80. The van der Waals surface area contributed by atoms with Crippen LogP contribution < -0.4 is 10.6 Å². The molecule has 4 rings (SSSR count). The molecule has 1 fully saturated rings. The predicted molar refractivity (Wildman–Crippen MR) is 112 cm³/mol. The third-order valence-corrected chi connectivity index (χ3v) is 5.47. The summed E-state index contributed by atoms with van der Waals surface area (Å²) in [5, 5.41) is 14.3. The van der Waals surface area contributed by atoms with E-state index in [1.165, 1.54) is 0 Å². The molecule has 0 bridgehead atoms. The number of nitrogens with zero attached hydrogens (tertiary/aromatic N) is 3. The van der Waals surface area contributed by atoms with Gasteiger partial charge < -0.3 is 10.6 Å². The van der Waals surface area contributed by atoms with Gasteiger partial charge in [-0.2, -0.15) is 5.10 Å². The van der Waals surface area contributed by atoms with Crippen LogP contribution in [0, 0.1) is 0 Å². The maximum Gasteiger partial charge on any atom is 0.181 e. The molecular formula is C21H24N6O. The van der Waals surface area contributed by atoms with Gasteiger partial charge in [0, 0.05) is 40.5 Å². The predicted octanol–water partition coefficient (Wildman–Crippen LogP) is 3.21. The van der Waals surface area contributed by atoms with Gasteiger partial charge in [-0.3, -0.25) is 14.9 Å². The molecule has 1 aromatic heterocycles. The average Bonchev–Trinajstić information content (AvgIpc) is 3.19. The standard InChI is InChI=1S/C21H24N6O/c1-3-14(6-9-22-2)19-24-20(27-26-19)15-4-5-17-16(12-15)18(28)13-21(25-17)7-10-23-11-8-21/h3-6,9,12,23,25H,2,7-8,10-11,13H2,1H3,(H,24,26,27)/b9-6-,14-3+. The van der Waals surface area contributed by atoms with Crippen molar-refractivity contribution in [1.82, 2.24) is 20.5 Å². The van der Waals surface area contributed by atoms with Crippen molar-refractivity contribution in [3.8, 4) is 11.4 Å². The molecule has 1 saturated heterocycles. The number of H-pyrrole nitrogens is 1. The van der Waals surface area contributed by atoms with Crippen molar-refractivity contribution in [3.05, 3.63) is 47.9 Å². The Balaban J connectivity index is 1.62. The van der Waals surface area contributed by atoms with Crippen LogP contribution in [0.2, 0.25) is 0 Å². The maximum atomic E-state index is 12.9. The van der Waals surface area contributed by atoms with Crippen LogP contribution >= 0.6 is 0 Å². The lowest BCUT2D eigenvalue weighted by Crippen LogP contribution is -2.51. The quantitative estimate of drug-likeness (QED) is 0.563. The maximum absolute atomic E-state index is 12.9. The summed E-state index contributed by atoms with van der Waals surface area (Å²) in [7, 11) is 0. The van der Waals surface area contributed by atoms with Crippen molar-refractivity contribution in [2.45, 2.75) is 31.7 Å². The largest absolute Gasteiger partial charge is 0.378 e. The number of aromatic amines is 1. The van der Waals surface area contributed by atoms with Gasteiger partial charge in [-0.15, -0.1) is 0 Å². The van der Waals surface area contributed by atoms with Gasteiger partial charge in [-0.25, -0.2) is 4.98 Å². The molecule has 3 N–H and O–H groups in total. The van der Waals surface area contributed by atoms with E-state index < -0.39 is 0 Å². The molecule has 144 valence electrons. The molecule has 7 nitrogen and oxygen atoms in total. The minimum Gasteiger partial charge on any atom is -0.378 e. The Kier molecular flexibility index (Phi) is 4.92. The van der Waals surface area contributed by atoms with E-state index in [0.29, 0.717) is 18.1 Å². The van der Waals surface area contributed by atoms with Gasteiger partial charge in [0.15, 0.2) is 17.4 Å². The van der Waals surface area contributed by atoms with E-state index in [1.807, 2.05) is 37.3 Å². The zero-order valence-corrected chi connectivity index (χ0v) is 16.0. The van der Waals surface area contributed by atoms with E-state index in [0.717, 1.165) is 48.3 Å². The zero-order chi connectivity index (χ0) is 19.6. The Morgan fingerprint density at radius 2 is 2.14 bits per heavy atom. The number of benzene rings is 1. The van der Waals surface area contributed by atoms with Crippen molar-refractivity contribution in [1.29, 1.82) is 0 Å². The Bertz CT molecular complexity index is 965. The number of anilines is 1. The minimum absolute atomic E-state index is 0.110. The van der Waals surface area contributed by atoms with E-state index in [4.69, 9.17) is 0 Å². The Hall–Kier alpha value is -3.06. The Morgan fingerprint density at radius 1 is 1.32 bits per heavy atom. The fourth-order valence-corrected chi connectivity index (χ4v) is 3.93. The monoisotopic (exact) mass is 376 g/mol. The molecule has 0 atom stereocenters. The molecule has 0 amide bonds. The number of hydrogen-bond donors (Lipinski definition) is 3. The van der Waals surface area contributed by atoms with Crippen LogP contribution in [0.3, 0.4) is 0 Å². The van der Waals surface area contributed by atoms with Crippen LogP contribution in [0.15, 0.2) is 41.5 Å². The average molecular weight is 376 g/mol. The number of aliphatic imine (C=N–C) groups is 1. The van der Waals surface area contributed by atoms with E-state index in [2.05, 4.69) is 37.5 Å². The fourth-order valence-electron chi connectivity index (χ4n) is 3.93. The molecule has 0 saturated carbocycles. The van der Waals surface area contributed by atoms with Crippen LogP contribution in [-0.2, 0) is 0 Å². The second kappa shape index (κ2) is 7.52. The lowest BCUT2D eigenvalue weighted by atomic mass is 9.78. The number of nitrogens with one attached hydrogen (secondary N) is 3. The molecule has 1 spiro atoms. The van der Waals surface area contributed by atoms with Crippen LogP contribution in [-0.4, -0.2) is 46.3 Å². The fraction of sp³-hybridized carbons (Fsp3) is 0.333. The molecule has 7 heteroatoms. The number of Topliss-reactive ketones (excluding diaryl/α,β-unsaturated/α-hetero) is 1. The topological polar surface area (TPSA) is 95.1 Å². The van der Waals surface area contributed by atoms with E-state index in [1.54, 1.807) is 6.20 Å². The SMILES string of the molecule is C=N/C=C\C(=C/C)c1nc(-c2ccc3c(c2)C(=O)CC2(CCNCC2)N3)n[nH]1. The van der Waals surface area contributed by atoms with Crippen LogP contribution in [0.5, 0.6) is 0 Å². The van der Waals surface area contributed by atoms with Gasteiger partial charge in [-0.1, -0.05) is 6.08 Å². The molecule has 0 unspecified atom stereocenters. The van der Waals surface area contributed by atoms with Crippen molar-refractivity contribution >= 4 is 23.8 Å². The number of ketones is 1. The zero-order valence-electron chi connectivity index (χ0n) is 16.0. The number of fused-ring (bicyclic) bond motifs is 1. The number of piperidine rings is 1. The summed E-state index contributed by atoms with van der Waals surface area (Å²) in [6.45, 7) is 7.25. The first-order valence-electron chi connectivity index (χ1n) is 9.52. The van der Waals surface area contributed by atoms with Gasteiger partial charge in [0.25, 0.3) is 0 Å². The molecular weight excluding hydrogens is 352 g/mol. The molecule has 0 aliphatic carbocycles. The van der Waals surface area contributed by atoms with Crippen LogP contribution in [0.25, 0.3) is 17.0 Å². The highest BCUT2D eigenvalue weighted by Gasteiger charge is 2.39. The normalized spacial score (nSPS) is 18.9. The lowest BCUT2D eigenvalue weighted by Gasteiger charge is -2.42. The number of hydrogen-bond acceptors (Lipinski definition) is 6. The first-order chi connectivity index (χ1) is 13.6. The van der Waals surface area contributed by atoms with E-state index in [-0.39, 0.29) is 11.3 Å². The highest BCUT2D eigenvalue weighted by Crippen LogP contribution is 2.37. The summed E-state index contributed by atoms with van der Waals surface area (Å²) in [5.41, 5.74) is 3.21. The highest BCUT2D eigenvalue weighted by atomic mass is 16.1. The number of allylic oxidation sites excluding steroid dienone is 3. The Morgan fingerprint density at radius 3 is 2.89 bits per heavy atom. The van der Waals surface area contributed by atoms with Crippen molar-refractivity contribution in [2.75, 3.05) is 18.4 Å². The first kappa shape index (κ1) is 18.3. The summed E-state index contributed by atoms with van der Waals surface area (Å²) >= 11 is 0. The van der Waals surface area contributed by atoms with Gasteiger partial charge in [-0.05, 0) is 63.8 Å². The molecule has 1 aromatic carbocycles. The molecule has 2 aliphatic heterocycles. The third-order valence-electron chi connectivity index (χ3n) is 5.47. The van der Waals surface area contributed by atoms with Gasteiger partial charge in [0.2, 0.25) is 0 Å². The number of rotatable bonds is 4. The number of aromatic nitrogens is 3. The lowest BCUT2D eigenvalue weighted by molar-refractivity contribution is 0.0937. The van der Waals surface area contributed by atoms with Gasteiger partial charge in [0.1, 0.15) is 0 Å². The number of carbonyl (C=O) groups excluding carboxylic acids is 1. The van der Waals surface area contributed by atoms with Crippen molar-refractivity contribution in [3.63, 3.8) is 0 Å². The summed E-state index contributed by atoms with van der Waals surface area (Å²) in [4.78, 5) is 21.2. The first-order valence-corrected chi connectivity index (χ1v) is 9.52.